The fourth-order valence-corrected chi connectivity index (χ4v) is 3.20. The van der Waals surface area contributed by atoms with Crippen molar-refractivity contribution in [3.63, 3.8) is 0 Å². The van der Waals surface area contributed by atoms with Crippen LogP contribution in [0.5, 0.6) is 0 Å². The van der Waals surface area contributed by atoms with Gasteiger partial charge in [-0.15, -0.1) is 0 Å². The molecule has 0 heterocycles. The van der Waals surface area contributed by atoms with Gasteiger partial charge in [0.15, 0.2) is 0 Å². The van der Waals surface area contributed by atoms with Crippen molar-refractivity contribution in [3.8, 4) is 0 Å². The highest BCUT2D eigenvalue weighted by Crippen LogP contribution is 2.16. The van der Waals surface area contributed by atoms with Gasteiger partial charge in [-0.3, -0.25) is 9.59 Å². The van der Waals surface area contributed by atoms with Crippen LogP contribution in [0.4, 0.5) is 4.39 Å². The zero-order chi connectivity index (χ0) is 18.6. The molecule has 2 rings (SSSR count). The third kappa shape index (κ3) is 7.95. The van der Waals surface area contributed by atoms with Crippen LogP contribution < -0.4 is 16.0 Å². The maximum Gasteiger partial charge on any atom is 0.251 e. The number of benzene rings is 1. The number of carbonyl (C=O) groups is 2. The number of rotatable bonds is 9. The molecule has 1 aliphatic rings. The van der Waals surface area contributed by atoms with Crippen LogP contribution in [0.15, 0.2) is 24.3 Å². The Morgan fingerprint density at radius 1 is 0.923 bits per heavy atom. The molecule has 0 aliphatic heterocycles. The van der Waals surface area contributed by atoms with Gasteiger partial charge in [0.2, 0.25) is 5.91 Å². The molecule has 0 radical (unpaired) electrons. The van der Waals surface area contributed by atoms with E-state index in [9.17, 15) is 14.0 Å². The molecule has 0 spiro atoms. The first-order valence-corrected chi connectivity index (χ1v) is 9.69. The molecule has 0 saturated heterocycles. The van der Waals surface area contributed by atoms with E-state index in [1.54, 1.807) is 0 Å². The highest BCUT2D eigenvalue weighted by molar-refractivity contribution is 5.94. The van der Waals surface area contributed by atoms with E-state index >= 15 is 0 Å². The van der Waals surface area contributed by atoms with Gasteiger partial charge in [-0.1, -0.05) is 25.7 Å². The molecule has 1 aromatic rings. The molecule has 0 aromatic heterocycles. The summed E-state index contributed by atoms with van der Waals surface area (Å²) < 4.78 is 12.8. The molecule has 144 valence electrons. The van der Waals surface area contributed by atoms with E-state index in [-0.39, 0.29) is 17.6 Å². The van der Waals surface area contributed by atoms with Crippen molar-refractivity contribution in [3.05, 3.63) is 35.6 Å². The molecular formula is C20H30FN3O2. The summed E-state index contributed by atoms with van der Waals surface area (Å²) in [4.78, 5) is 23.7. The molecular weight excluding hydrogens is 333 g/mol. The third-order valence-electron chi connectivity index (χ3n) is 4.71. The minimum atomic E-state index is -0.369. The highest BCUT2D eigenvalue weighted by Gasteiger charge is 2.11. The third-order valence-corrected chi connectivity index (χ3v) is 4.71. The summed E-state index contributed by atoms with van der Waals surface area (Å²) in [5, 5.41) is 9.17. The Morgan fingerprint density at radius 3 is 2.31 bits per heavy atom. The van der Waals surface area contributed by atoms with Gasteiger partial charge in [0.1, 0.15) is 5.82 Å². The van der Waals surface area contributed by atoms with Crippen LogP contribution in [-0.2, 0) is 4.79 Å². The number of amides is 2. The lowest BCUT2D eigenvalue weighted by Crippen LogP contribution is -2.37. The first-order chi connectivity index (χ1) is 12.6. The number of nitrogens with one attached hydrogen (secondary N) is 3. The molecule has 0 unspecified atom stereocenters. The smallest absolute Gasteiger partial charge is 0.251 e. The fourth-order valence-electron chi connectivity index (χ4n) is 3.20. The van der Waals surface area contributed by atoms with E-state index in [0.29, 0.717) is 37.5 Å². The van der Waals surface area contributed by atoms with Gasteiger partial charge in [-0.2, -0.15) is 0 Å². The van der Waals surface area contributed by atoms with Crippen molar-refractivity contribution in [1.82, 2.24) is 16.0 Å². The summed E-state index contributed by atoms with van der Waals surface area (Å²) in [6.07, 6.45) is 8.71. The van der Waals surface area contributed by atoms with Crippen LogP contribution >= 0.6 is 0 Å². The SMILES string of the molecule is O=C(CCCNC(=O)c1ccc(F)cc1)NCCNC1CCCCCC1. The van der Waals surface area contributed by atoms with Gasteiger partial charge in [-0.25, -0.2) is 4.39 Å². The summed E-state index contributed by atoms with van der Waals surface area (Å²) >= 11 is 0. The topological polar surface area (TPSA) is 70.2 Å². The molecule has 1 fully saturated rings. The quantitative estimate of drug-likeness (QED) is 0.467. The monoisotopic (exact) mass is 363 g/mol. The molecule has 26 heavy (non-hydrogen) atoms. The van der Waals surface area contributed by atoms with E-state index in [2.05, 4.69) is 16.0 Å². The van der Waals surface area contributed by atoms with Crippen LogP contribution in [0.2, 0.25) is 0 Å². The van der Waals surface area contributed by atoms with Crippen molar-refractivity contribution >= 4 is 11.8 Å². The molecule has 1 aromatic carbocycles. The Bertz CT molecular complexity index is 555. The molecule has 1 aliphatic carbocycles. The van der Waals surface area contributed by atoms with Crippen LogP contribution in [0.3, 0.4) is 0 Å². The van der Waals surface area contributed by atoms with E-state index in [1.807, 2.05) is 0 Å². The first-order valence-electron chi connectivity index (χ1n) is 9.69. The minimum absolute atomic E-state index is 0.00342. The van der Waals surface area contributed by atoms with Gasteiger partial charge in [0.05, 0.1) is 0 Å². The second kappa shape index (κ2) is 11.6. The molecule has 3 N–H and O–H groups in total. The number of hydrogen-bond acceptors (Lipinski definition) is 3. The molecule has 0 atom stereocenters. The fraction of sp³-hybridized carbons (Fsp3) is 0.600. The lowest BCUT2D eigenvalue weighted by molar-refractivity contribution is -0.121. The van der Waals surface area contributed by atoms with Crippen LogP contribution in [0.1, 0.15) is 61.7 Å². The summed E-state index contributed by atoms with van der Waals surface area (Å²) in [6.45, 7) is 1.86. The summed E-state index contributed by atoms with van der Waals surface area (Å²) in [7, 11) is 0. The largest absolute Gasteiger partial charge is 0.355 e. The highest BCUT2D eigenvalue weighted by atomic mass is 19.1. The molecule has 0 bridgehead atoms. The molecule has 6 heteroatoms. The summed E-state index contributed by atoms with van der Waals surface area (Å²) in [6, 6.07) is 5.99. The number of carbonyl (C=O) groups excluding carboxylic acids is 2. The van der Waals surface area contributed by atoms with E-state index in [0.717, 1.165) is 6.54 Å². The zero-order valence-electron chi connectivity index (χ0n) is 15.4. The van der Waals surface area contributed by atoms with E-state index < -0.39 is 0 Å². The van der Waals surface area contributed by atoms with Gasteiger partial charge in [-0.05, 0) is 43.5 Å². The van der Waals surface area contributed by atoms with Crippen LogP contribution in [-0.4, -0.2) is 37.5 Å². The molecule has 1 saturated carbocycles. The second-order valence-electron chi connectivity index (χ2n) is 6.86. The molecule has 2 amide bonds. The van der Waals surface area contributed by atoms with Crippen molar-refractivity contribution in [2.24, 2.45) is 0 Å². The van der Waals surface area contributed by atoms with Gasteiger partial charge >= 0.3 is 0 Å². The van der Waals surface area contributed by atoms with Gasteiger partial charge < -0.3 is 16.0 Å². The summed E-state index contributed by atoms with van der Waals surface area (Å²) in [5.74, 6) is -0.617. The maximum absolute atomic E-state index is 12.8. The lowest BCUT2D eigenvalue weighted by atomic mass is 10.1. The average Bonchev–Trinajstić information content (AvgIpc) is 2.91. The Balaban J connectivity index is 1.49. The van der Waals surface area contributed by atoms with Crippen molar-refractivity contribution in [1.29, 1.82) is 0 Å². The normalized spacial score (nSPS) is 15.3. The second-order valence-corrected chi connectivity index (χ2v) is 6.86. The molecule has 5 nitrogen and oxygen atoms in total. The Hall–Kier alpha value is -1.95. The van der Waals surface area contributed by atoms with Crippen molar-refractivity contribution < 1.29 is 14.0 Å². The summed E-state index contributed by atoms with van der Waals surface area (Å²) in [5.41, 5.74) is 0.417. The predicted molar refractivity (Wildman–Crippen MR) is 100 cm³/mol. The van der Waals surface area contributed by atoms with Crippen molar-refractivity contribution in [2.75, 3.05) is 19.6 Å². The number of halogens is 1. The minimum Gasteiger partial charge on any atom is -0.355 e. The average molecular weight is 363 g/mol. The Kier molecular flexibility index (Phi) is 9.10. The Labute approximate surface area is 155 Å². The van der Waals surface area contributed by atoms with E-state index in [4.69, 9.17) is 0 Å². The van der Waals surface area contributed by atoms with Gasteiger partial charge in [0, 0.05) is 37.7 Å². The Morgan fingerprint density at radius 2 is 1.62 bits per heavy atom. The van der Waals surface area contributed by atoms with E-state index in [1.165, 1.54) is 62.8 Å². The van der Waals surface area contributed by atoms with Crippen molar-refractivity contribution in [2.45, 2.75) is 57.4 Å². The maximum atomic E-state index is 12.8. The van der Waals surface area contributed by atoms with Gasteiger partial charge in [0.25, 0.3) is 5.91 Å². The lowest BCUT2D eigenvalue weighted by Gasteiger charge is -2.16. The zero-order valence-corrected chi connectivity index (χ0v) is 15.4. The van der Waals surface area contributed by atoms with Crippen LogP contribution in [0, 0.1) is 5.82 Å². The number of hydrogen-bond donors (Lipinski definition) is 3. The standard InChI is InChI=1S/C20H30FN3O2/c21-17-11-9-16(10-12-17)20(26)24-13-5-8-19(25)23-15-14-22-18-6-3-1-2-4-7-18/h9-12,18,22H,1-8,13-15H2,(H,23,25)(H,24,26). The van der Waals surface area contributed by atoms with Crippen LogP contribution in [0.25, 0.3) is 0 Å². The predicted octanol–water partition coefficient (Wildman–Crippen LogP) is 2.76. The first kappa shape index (κ1) is 20.4.